The first kappa shape index (κ1) is 7.11. The minimum atomic E-state index is 0.685. The second-order valence-electron chi connectivity index (χ2n) is 3.38. The summed E-state index contributed by atoms with van der Waals surface area (Å²) < 4.78 is 0. The molecule has 1 saturated carbocycles. The van der Waals surface area contributed by atoms with Gasteiger partial charge in [0.05, 0.1) is 0 Å². The fraction of sp³-hybridized carbons (Fsp3) is 0.889. The van der Waals surface area contributed by atoms with Crippen molar-refractivity contribution in [1.82, 2.24) is 0 Å². The molecule has 0 unspecified atom stereocenters. The highest BCUT2D eigenvalue weighted by Crippen LogP contribution is 2.28. The standard InChI is InChI=1S/C9H17/c1-8(2)9-6-4-3-5-7-9/h8-9H,1,3-7H2,2H3/t8-/m0/s1. The molecule has 1 aliphatic carbocycles. The zero-order chi connectivity index (χ0) is 6.69. The summed E-state index contributed by atoms with van der Waals surface area (Å²) in [4.78, 5) is 0. The molecule has 53 valence electrons. The molecule has 1 aliphatic rings. The van der Waals surface area contributed by atoms with Crippen LogP contribution in [0.5, 0.6) is 0 Å². The zero-order valence-corrected chi connectivity index (χ0v) is 6.40. The molecule has 9 heavy (non-hydrogen) atoms. The minimum absolute atomic E-state index is 0.685. The van der Waals surface area contributed by atoms with Crippen molar-refractivity contribution in [3.63, 3.8) is 0 Å². The van der Waals surface area contributed by atoms with Gasteiger partial charge >= 0.3 is 0 Å². The van der Waals surface area contributed by atoms with Gasteiger partial charge in [-0.3, -0.25) is 0 Å². The molecule has 0 amide bonds. The van der Waals surface area contributed by atoms with Crippen LogP contribution in [-0.2, 0) is 0 Å². The van der Waals surface area contributed by atoms with Crippen molar-refractivity contribution in [3.05, 3.63) is 6.92 Å². The Bertz CT molecular complexity index is 68.1. The highest BCUT2D eigenvalue weighted by atomic mass is 14.2. The Hall–Kier alpha value is 0. The molecule has 1 atom stereocenters. The van der Waals surface area contributed by atoms with Crippen molar-refractivity contribution in [1.29, 1.82) is 0 Å². The van der Waals surface area contributed by atoms with Gasteiger partial charge in [0.1, 0.15) is 0 Å². The van der Waals surface area contributed by atoms with Gasteiger partial charge in [-0.1, -0.05) is 46.0 Å². The van der Waals surface area contributed by atoms with Crippen molar-refractivity contribution in [3.8, 4) is 0 Å². The van der Waals surface area contributed by atoms with Gasteiger partial charge in [-0.25, -0.2) is 0 Å². The van der Waals surface area contributed by atoms with E-state index in [4.69, 9.17) is 0 Å². The van der Waals surface area contributed by atoms with Gasteiger partial charge in [0, 0.05) is 0 Å². The monoisotopic (exact) mass is 125 g/mol. The third-order valence-electron chi connectivity index (χ3n) is 2.45. The highest BCUT2D eigenvalue weighted by molar-refractivity contribution is 4.71. The lowest BCUT2D eigenvalue weighted by Gasteiger charge is -2.24. The lowest BCUT2D eigenvalue weighted by molar-refractivity contribution is 0.298. The third-order valence-corrected chi connectivity index (χ3v) is 2.45. The topological polar surface area (TPSA) is 0 Å². The summed E-state index contributed by atoms with van der Waals surface area (Å²) in [5.74, 6) is 1.63. The highest BCUT2D eigenvalue weighted by Gasteiger charge is 2.15. The maximum absolute atomic E-state index is 4.06. The largest absolute Gasteiger partial charge is 0.0622 e. The number of hydrogen-bond acceptors (Lipinski definition) is 0. The first-order chi connectivity index (χ1) is 4.30. The normalized spacial score (nSPS) is 23.0. The Morgan fingerprint density at radius 1 is 1.22 bits per heavy atom. The van der Waals surface area contributed by atoms with Crippen molar-refractivity contribution >= 4 is 0 Å². The van der Waals surface area contributed by atoms with E-state index in [1.807, 2.05) is 0 Å². The molecular weight excluding hydrogens is 108 g/mol. The van der Waals surface area contributed by atoms with E-state index in [-0.39, 0.29) is 0 Å². The summed E-state index contributed by atoms with van der Waals surface area (Å²) in [6.45, 7) is 6.31. The van der Waals surface area contributed by atoms with Crippen LogP contribution in [0, 0.1) is 18.8 Å². The Kier molecular flexibility index (Phi) is 2.56. The van der Waals surface area contributed by atoms with Crippen molar-refractivity contribution < 1.29 is 0 Å². The maximum atomic E-state index is 4.06. The Morgan fingerprint density at radius 3 is 2.11 bits per heavy atom. The van der Waals surface area contributed by atoms with Crippen molar-refractivity contribution in [2.24, 2.45) is 11.8 Å². The van der Waals surface area contributed by atoms with Gasteiger partial charge in [-0.2, -0.15) is 0 Å². The van der Waals surface area contributed by atoms with Crippen molar-refractivity contribution in [2.75, 3.05) is 0 Å². The van der Waals surface area contributed by atoms with E-state index in [0.29, 0.717) is 5.92 Å². The van der Waals surface area contributed by atoms with Crippen LogP contribution in [0.4, 0.5) is 0 Å². The average molecular weight is 125 g/mol. The quantitative estimate of drug-likeness (QED) is 0.505. The summed E-state index contributed by atoms with van der Waals surface area (Å²) in [7, 11) is 0. The smallest absolute Gasteiger partial charge is 0.0388 e. The average Bonchev–Trinajstić information content (AvgIpc) is 1.90. The Labute approximate surface area is 58.7 Å². The van der Waals surface area contributed by atoms with Gasteiger partial charge in [-0.05, 0) is 11.8 Å². The molecule has 1 fully saturated rings. The van der Waals surface area contributed by atoms with Crippen LogP contribution < -0.4 is 0 Å². The molecule has 0 aromatic carbocycles. The van der Waals surface area contributed by atoms with Crippen LogP contribution >= 0.6 is 0 Å². The van der Waals surface area contributed by atoms with Gasteiger partial charge < -0.3 is 0 Å². The first-order valence-corrected chi connectivity index (χ1v) is 4.14. The lowest BCUT2D eigenvalue weighted by atomic mass is 9.82. The van der Waals surface area contributed by atoms with Gasteiger partial charge in [0.15, 0.2) is 0 Å². The second kappa shape index (κ2) is 3.24. The summed E-state index contributed by atoms with van der Waals surface area (Å²) in [5.41, 5.74) is 0. The molecular formula is C9H17. The second-order valence-corrected chi connectivity index (χ2v) is 3.38. The Morgan fingerprint density at radius 2 is 1.78 bits per heavy atom. The fourth-order valence-electron chi connectivity index (χ4n) is 1.70. The van der Waals surface area contributed by atoms with Crippen LogP contribution in [0.2, 0.25) is 0 Å². The molecule has 0 bridgehead atoms. The molecule has 1 radical (unpaired) electrons. The molecule has 1 rings (SSSR count). The van der Waals surface area contributed by atoms with E-state index in [1.165, 1.54) is 32.1 Å². The number of rotatable bonds is 1. The fourth-order valence-corrected chi connectivity index (χ4v) is 1.70. The summed E-state index contributed by atoms with van der Waals surface area (Å²) in [6.07, 6.45) is 7.23. The van der Waals surface area contributed by atoms with Crippen LogP contribution in [-0.4, -0.2) is 0 Å². The van der Waals surface area contributed by atoms with E-state index >= 15 is 0 Å². The molecule has 0 heteroatoms. The number of hydrogen-bond donors (Lipinski definition) is 0. The molecule has 0 aliphatic heterocycles. The molecule has 0 aromatic heterocycles. The van der Waals surface area contributed by atoms with Gasteiger partial charge in [0.2, 0.25) is 0 Å². The maximum Gasteiger partial charge on any atom is -0.0388 e. The molecule has 0 nitrogen and oxygen atoms in total. The van der Waals surface area contributed by atoms with Crippen LogP contribution in [0.15, 0.2) is 0 Å². The predicted octanol–water partition coefficient (Wildman–Crippen LogP) is 3.04. The van der Waals surface area contributed by atoms with E-state index < -0.39 is 0 Å². The zero-order valence-electron chi connectivity index (χ0n) is 6.40. The SMILES string of the molecule is [CH2][C@@H](C)C1CCCCC1. The molecule has 0 aromatic rings. The van der Waals surface area contributed by atoms with Crippen LogP contribution in [0.3, 0.4) is 0 Å². The molecule has 0 heterocycles. The lowest BCUT2D eigenvalue weighted by Crippen LogP contribution is -2.12. The van der Waals surface area contributed by atoms with Crippen molar-refractivity contribution in [2.45, 2.75) is 39.0 Å². The first-order valence-electron chi connectivity index (χ1n) is 4.14. The van der Waals surface area contributed by atoms with E-state index in [9.17, 15) is 0 Å². The van der Waals surface area contributed by atoms with Crippen LogP contribution in [0.25, 0.3) is 0 Å². The van der Waals surface area contributed by atoms with E-state index in [1.54, 1.807) is 0 Å². The van der Waals surface area contributed by atoms with E-state index in [0.717, 1.165) is 5.92 Å². The summed E-state index contributed by atoms with van der Waals surface area (Å²) >= 11 is 0. The Balaban J connectivity index is 2.23. The molecule has 0 N–H and O–H groups in total. The summed E-state index contributed by atoms with van der Waals surface area (Å²) in [5, 5.41) is 0. The van der Waals surface area contributed by atoms with Crippen LogP contribution in [0.1, 0.15) is 39.0 Å². The summed E-state index contributed by atoms with van der Waals surface area (Å²) in [6, 6.07) is 0. The molecule has 0 spiro atoms. The van der Waals surface area contributed by atoms with E-state index in [2.05, 4.69) is 13.8 Å². The third kappa shape index (κ3) is 2.00. The van der Waals surface area contributed by atoms with Gasteiger partial charge in [-0.15, -0.1) is 0 Å². The minimum Gasteiger partial charge on any atom is -0.0622 e. The van der Waals surface area contributed by atoms with Gasteiger partial charge in [0.25, 0.3) is 0 Å². The molecule has 0 saturated heterocycles. The predicted molar refractivity (Wildman–Crippen MR) is 41.1 cm³/mol.